The Morgan fingerprint density at radius 3 is 2.67 bits per heavy atom. The first kappa shape index (κ1) is 12.7. The van der Waals surface area contributed by atoms with Crippen molar-refractivity contribution in [3.63, 3.8) is 0 Å². The second-order valence-corrected chi connectivity index (χ2v) is 4.53. The lowest BCUT2D eigenvalue weighted by atomic mass is 10.2. The third-order valence-electron chi connectivity index (χ3n) is 2.51. The van der Waals surface area contributed by atoms with Crippen LogP contribution >= 0.6 is 11.6 Å². The third-order valence-corrected chi connectivity index (χ3v) is 2.75. The molecule has 2 N–H and O–H groups in total. The molecule has 0 spiro atoms. The molecule has 0 unspecified atom stereocenters. The van der Waals surface area contributed by atoms with Crippen LogP contribution in [0.5, 0.6) is 5.75 Å². The molecule has 0 aromatic heterocycles. The number of halogens is 2. The highest BCUT2D eigenvalue weighted by atomic mass is 35.5. The number of nitrogen functional groups attached to an aromatic ring is 1. The van der Waals surface area contributed by atoms with E-state index in [1.54, 1.807) is 18.2 Å². The summed E-state index contributed by atoms with van der Waals surface area (Å²) in [6.45, 7) is 2.17. The Balaban J connectivity index is 2.11. The number of ether oxygens (including phenoxy) is 1. The molecule has 0 aliphatic carbocycles. The maximum Gasteiger partial charge on any atom is 0.125 e. The van der Waals surface area contributed by atoms with Gasteiger partial charge in [0, 0.05) is 10.7 Å². The molecule has 0 aliphatic heterocycles. The highest BCUT2D eigenvalue weighted by Crippen LogP contribution is 2.23. The van der Waals surface area contributed by atoms with E-state index in [1.165, 1.54) is 12.1 Å². The minimum atomic E-state index is -0.360. The summed E-state index contributed by atoms with van der Waals surface area (Å²) in [6.07, 6.45) is 0. The van der Waals surface area contributed by atoms with Crippen molar-refractivity contribution in [2.45, 2.75) is 13.5 Å². The predicted molar refractivity (Wildman–Crippen MR) is 71.3 cm³/mol. The lowest BCUT2D eigenvalue weighted by Gasteiger charge is -2.10. The zero-order chi connectivity index (χ0) is 13.1. The Morgan fingerprint density at radius 1 is 1.22 bits per heavy atom. The summed E-state index contributed by atoms with van der Waals surface area (Å²) in [7, 11) is 0. The molecule has 0 aliphatic rings. The second kappa shape index (κ2) is 5.27. The Kier molecular flexibility index (Phi) is 3.72. The summed E-state index contributed by atoms with van der Waals surface area (Å²) < 4.78 is 18.7. The van der Waals surface area contributed by atoms with Crippen molar-refractivity contribution in [3.8, 4) is 5.75 Å². The first-order chi connectivity index (χ1) is 8.54. The molecular weight excluding hydrogens is 253 g/mol. The van der Waals surface area contributed by atoms with Gasteiger partial charge in [0.1, 0.15) is 18.2 Å². The van der Waals surface area contributed by atoms with Crippen molar-refractivity contribution in [3.05, 3.63) is 58.4 Å². The fourth-order valence-electron chi connectivity index (χ4n) is 1.69. The van der Waals surface area contributed by atoms with Crippen LogP contribution in [-0.2, 0) is 6.61 Å². The van der Waals surface area contributed by atoms with Gasteiger partial charge in [-0.25, -0.2) is 4.39 Å². The molecule has 2 aromatic rings. The van der Waals surface area contributed by atoms with Crippen LogP contribution in [-0.4, -0.2) is 0 Å². The van der Waals surface area contributed by atoms with E-state index in [-0.39, 0.29) is 12.4 Å². The summed E-state index contributed by atoms with van der Waals surface area (Å²) in [5.74, 6) is 0.365. The van der Waals surface area contributed by atoms with E-state index >= 15 is 0 Å². The summed E-state index contributed by atoms with van der Waals surface area (Å²) in [4.78, 5) is 0. The largest absolute Gasteiger partial charge is 0.489 e. The van der Waals surface area contributed by atoms with Gasteiger partial charge in [-0.1, -0.05) is 11.6 Å². The van der Waals surface area contributed by atoms with E-state index in [0.29, 0.717) is 16.3 Å². The van der Waals surface area contributed by atoms with Crippen LogP contribution in [0.1, 0.15) is 11.1 Å². The maximum absolute atomic E-state index is 13.1. The second-order valence-electron chi connectivity index (χ2n) is 4.09. The van der Waals surface area contributed by atoms with Crippen molar-refractivity contribution >= 4 is 17.3 Å². The first-order valence-electron chi connectivity index (χ1n) is 5.48. The monoisotopic (exact) mass is 265 g/mol. The molecule has 2 aromatic carbocycles. The Hall–Kier alpha value is -1.74. The van der Waals surface area contributed by atoms with Gasteiger partial charge in [0.25, 0.3) is 0 Å². The Bertz CT molecular complexity index is 551. The SMILES string of the molecule is Cc1cc(Cl)ccc1OCc1cc(N)cc(F)c1. The molecular formula is C14H13ClFNO. The molecule has 0 amide bonds. The van der Waals surface area contributed by atoms with Crippen LogP contribution < -0.4 is 10.5 Å². The maximum atomic E-state index is 13.1. The fraction of sp³-hybridized carbons (Fsp3) is 0.143. The lowest BCUT2D eigenvalue weighted by Crippen LogP contribution is -1.99. The van der Waals surface area contributed by atoms with Crippen LogP contribution in [0.4, 0.5) is 10.1 Å². The molecule has 2 rings (SSSR count). The number of hydrogen-bond donors (Lipinski definition) is 1. The van der Waals surface area contributed by atoms with Gasteiger partial charge in [-0.2, -0.15) is 0 Å². The van der Waals surface area contributed by atoms with Crippen LogP contribution in [0.3, 0.4) is 0 Å². The van der Waals surface area contributed by atoms with Crippen LogP contribution in [0, 0.1) is 12.7 Å². The number of hydrogen-bond acceptors (Lipinski definition) is 2. The molecule has 0 saturated heterocycles. The minimum Gasteiger partial charge on any atom is -0.489 e. The molecule has 18 heavy (non-hydrogen) atoms. The van der Waals surface area contributed by atoms with E-state index in [1.807, 2.05) is 13.0 Å². The highest BCUT2D eigenvalue weighted by Gasteiger charge is 2.03. The highest BCUT2D eigenvalue weighted by molar-refractivity contribution is 6.30. The quantitative estimate of drug-likeness (QED) is 0.853. The van der Waals surface area contributed by atoms with Gasteiger partial charge in [-0.3, -0.25) is 0 Å². The molecule has 0 fully saturated rings. The zero-order valence-electron chi connectivity index (χ0n) is 9.91. The number of rotatable bonds is 3. The van der Waals surface area contributed by atoms with Crippen molar-refractivity contribution in [1.82, 2.24) is 0 Å². The summed E-state index contributed by atoms with van der Waals surface area (Å²) in [6, 6.07) is 9.73. The molecule has 4 heteroatoms. The molecule has 2 nitrogen and oxygen atoms in total. The molecule has 0 radical (unpaired) electrons. The minimum absolute atomic E-state index is 0.268. The van der Waals surface area contributed by atoms with Gasteiger partial charge in [-0.15, -0.1) is 0 Å². The van der Waals surface area contributed by atoms with E-state index in [9.17, 15) is 4.39 Å². The van der Waals surface area contributed by atoms with Crippen molar-refractivity contribution < 1.29 is 9.13 Å². The van der Waals surface area contributed by atoms with Gasteiger partial charge < -0.3 is 10.5 Å². The summed E-state index contributed by atoms with van der Waals surface area (Å²) in [5, 5.41) is 0.662. The Labute approximate surface area is 110 Å². The van der Waals surface area contributed by atoms with Crippen molar-refractivity contribution in [2.75, 3.05) is 5.73 Å². The topological polar surface area (TPSA) is 35.2 Å². The number of anilines is 1. The van der Waals surface area contributed by atoms with E-state index in [4.69, 9.17) is 22.1 Å². The van der Waals surface area contributed by atoms with Gasteiger partial charge >= 0.3 is 0 Å². The average Bonchev–Trinajstić information content (AvgIpc) is 2.26. The number of nitrogens with two attached hydrogens (primary N) is 1. The van der Waals surface area contributed by atoms with Crippen LogP contribution in [0.25, 0.3) is 0 Å². The van der Waals surface area contributed by atoms with E-state index in [2.05, 4.69) is 0 Å². The Morgan fingerprint density at radius 2 is 2.00 bits per heavy atom. The van der Waals surface area contributed by atoms with Crippen LogP contribution in [0.15, 0.2) is 36.4 Å². The molecule has 0 saturated carbocycles. The molecule has 0 bridgehead atoms. The third kappa shape index (κ3) is 3.14. The fourth-order valence-corrected chi connectivity index (χ4v) is 1.92. The lowest BCUT2D eigenvalue weighted by molar-refractivity contribution is 0.303. The van der Waals surface area contributed by atoms with E-state index in [0.717, 1.165) is 11.3 Å². The summed E-state index contributed by atoms with van der Waals surface area (Å²) >= 11 is 5.85. The van der Waals surface area contributed by atoms with Gasteiger partial charge in [-0.05, 0) is 54.4 Å². The van der Waals surface area contributed by atoms with Gasteiger partial charge in [0.2, 0.25) is 0 Å². The predicted octanol–water partition coefficient (Wildman–Crippen LogP) is 3.95. The van der Waals surface area contributed by atoms with Crippen molar-refractivity contribution in [2.24, 2.45) is 0 Å². The molecule has 94 valence electrons. The molecule has 0 heterocycles. The van der Waals surface area contributed by atoms with Gasteiger partial charge in [0.15, 0.2) is 0 Å². The number of aryl methyl sites for hydroxylation is 1. The number of benzene rings is 2. The van der Waals surface area contributed by atoms with Gasteiger partial charge in [0.05, 0.1) is 0 Å². The van der Waals surface area contributed by atoms with Crippen molar-refractivity contribution in [1.29, 1.82) is 0 Å². The summed E-state index contributed by atoms with van der Waals surface area (Å²) in [5.41, 5.74) is 7.59. The first-order valence-corrected chi connectivity index (χ1v) is 5.86. The zero-order valence-corrected chi connectivity index (χ0v) is 10.7. The smallest absolute Gasteiger partial charge is 0.125 e. The average molecular weight is 266 g/mol. The molecule has 0 atom stereocenters. The van der Waals surface area contributed by atoms with E-state index < -0.39 is 0 Å². The normalized spacial score (nSPS) is 10.4. The van der Waals surface area contributed by atoms with Crippen LogP contribution in [0.2, 0.25) is 5.02 Å². The standard InChI is InChI=1S/C14H13ClFNO/c1-9-4-11(15)2-3-14(9)18-8-10-5-12(16)7-13(17)6-10/h2-7H,8,17H2,1H3.